The van der Waals surface area contributed by atoms with Crippen LogP contribution in [0.4, 0.5) is 5.69 Å². The lowest BCUT2D eigenvalue weighted by Crippen LogP contribution is -2.55. The average molecular weight is 261 g/mol. The molecule has 2 N–H and O–H groups in total. The van der Waals surface area contributed by atoms with Crippen LogP contribution in [0.5, 0.6) is 0 Å². The lowest BCUT2D eigenvalue weighted by atomic mass is 10.0. The number of carbonyl (C=O) groups excluding carboxylic acids is 1. The predicted molar refractivity (Wildman–Crippen MR) is 78.4 cm³/mol. The number of piperazine rings is 1. The van der Waals surface area contributed by atoms with Gasteiger partial charge in [0.15, 0.2) is 0 Å². The van der Waals surface area contributed by atoms with Crippen molar-refractivity contribution >= 4 is 11.6 Å². The SMILES string of the molecule is Cc1ccc(C)c(N2CC(=O)N(C)C(CCN)C2)c1. The Kier molecular flexibility index (Phi) is 4.10. The summed E-state index contributed by atoms with van der Waals surface area (Å²) in [6.07, 6.45) is 0.851. The number of hydrogen-bond donors (Lipinski definition) is 1. The summed E-state index contributed by atoms with van der Waals surface area (Å²) in [6, 6.07) is 6.60. The van der Waals surface area contributed by atoms with Crippen LogP contribution in [0.1, 0.15) is 17.5 Å². The van der Waals surface area contributed by atoms with Crippen molar-refractivity contribution in [2.45, 2.75) is 26.3 Å². The van der Waals surface area contributed by atoms with E-state index in [-0.39, 0.29) is 11.9 Å². The van der Waals surface area contributed by atoms with E-state index in [2.05, 4.69) is 36.9 Å². The summed E-state index contributed by atoms with van der Waals surface area (Å²) >= 11 is 0. The molecular formula is C15H23N3O. The summed E-state index contributed by atoms with van der Waals surface area (Å²) in [7, 11) is 1.88. The first-order valence-corrected chi connectivity index (χ1v) is 6.81. The molecule has 0 aromatic heterocycles. The van der Waals surface area contributed by atoms with Gasteiger partial charge in [0.2, 0.25) is 5.91 Å². The van der Waals surface area contributed by atoms with Crippen LogP contribution < -0.4 is 10.6 Å². The Balaban J connectivity index is 2.25. The van der Waals surface area contributed by atoms with Gasteiger partial charge in [0.25, 0.3) is 0 Å². The van der Waals surface area contributed by atoms with Crippen molar-refractivity contribution < 1.29 is 4.79 Å². The number of aryl methyl sites for hydroxylation is 2. The maximum Gasteiger partial charge on any atom is 0.242 e. The molecule has 1 fully saturated rings. The number of anilines is 1. The number of rotatable bonds is 3. The van der Waals surface area contributed by atoms with Gasteiger partial charge < -0.3 is 15.5 Å². The number of benzene rings is 1. The third-order valence-electron chi connectivity index (χ3n) is 3.90. The Morgan fingerprint density at radius 1 is 1.37 bits per heavy atom. The summed E-state index contributed by atoms with van der Waals surface area (Å²) in [5.41, 5.74) is 9.26. The number of likely N-dealkylation sites (N-methyl/N-ethyl adjacent to an activating group) is 1. The Morgan fingerprint density at radius 3 is 2.79 bits per heavy atom. The lowest BCUT2D eigenvalue weighted by Gasteiger charge is -2.40. The molecule has 4 heteroatoms. The molecule has 0 aliphatic carbocycles. The number of amides is 1. The lowest BCUT2D eigenvalue weighted by molar-refractivity contribution is -0.132. The number of hydrogen-bond acceptors (Lipinski definition) is 3. The van der Waals surface area contributed by atoms with Gasteiger partial charge in [0.1, 0.15) is 0 Å². The van der Waals surface area contributed by atoms with E-state index in [1.165, 1.54) is 16.8 Å². The fourth-order valence-electron chi connectivity index (χ4n) is 2.64. The zero-order chi connectivity index (χ0) is 14.0. The molecule has 104 valence electrons. The quantitative estimate of drug-likeness (QED) is 0.892. The molecular weight excluding hydrogens is 238 g/mol. The van der Waals surface area contributed by atoms with Gasteiger partial charge in [-0.3, -0.25) is 4.79 Å². The second-order valence-corrected chi connectivity index (χ2v) is 5.41. The molecule has 1 aromatic rings. The van der Waals surface area contributed by atoms with E-state index in [0.717, 1.165) is 13.0 Å². The van der Waals surface area contributed by atoms with Crippen LogP contribution in [0.2, 0.25) is 0 Å². The zero-order valence-electron chi connectivity index (χ0n) is 12.0. The highest BCUT2D eigenvalue weighted by Crippen LogP contribution is 2.25. The topological polar surface area (TPSA) is 49.6 Å². The Hall–Kier alpha value is -1.55. The van der Waals surface area contributed by atoms with E-state index >= 15 is 0 Å². The molecule has 1 heterocycles. The molecule has 1 atom stereocenters. The van der Waals surface area contributed by atoms with Gasteiger partial charge in [0.05, 0.1) is 12.6 Å². The third-order valence-corrected chi connectivity index (χ3v) is 3.90. The highest BCUT2D eigenvalue weighted by molar-refractivity contribution is 5.83. The smallest absolute Gasteiger partial charge is 0.242 e. The Bertz CT molecular complexity index is 472. The molecule has 19 heavy (non-hydrogen) atoms. The molecule has 1 aliphatic rings. The second kappa shape index (κ2) is 5.61. The van der Waals surface area contributed by atoms with Gasteiger partial charge in [-0.15, -0.1) is 0 Å². The van der Waals surface area contributed by atoms with E-state index in [4.69, 9.17) is 5.73 Å². The van der Waals surface area contributed by atoms with Crippen LogP contribution >= 0.6 is 0 Å². The van der Waals surface area contributed by atoms with Crippen molar-refractivity contribution in [2.75, 3.05) is 31.6 Å². The highest BCUT2D eigenvalue weighted by Gasteiger charge is 2.29. The molecule has 1 aliphatic heterocycles. The third kappa shape index (κ3) is 2.89. The van der Waals surface area contributed by atoms with E-state index in [1.807, 2.05) is 11.9 Å². The van der Waals surface area contributed by atoms with Gasteiger partial charge in [-0.05, 0) is 44.0 Å². The molecule has 2 rings (SSSR count). The maximum absolute atomic E-state index is 12.1. The van der Waals surface area contributed by atoms with Crippen molar-refractivity contribution in [2.24, 2.45) is 5.73 Å². The summed E-state index contributed by atoms with van der Waals surface area (Å²) in [5.74, 6) is 0.172. The monoisotopic (exact) mass is 261 g/mol. The van der Waals surface area contributed by atoms with Crippen LogP contribution in [0.3, 0.4) is 0 Å². The average Bonchev–Trinajstić information content (AvgIpc) is 2.38. The normalized spacial score (nSPS) is 20.0. The number of carbonyl (C=O) groups is 1. The van der Waals surface area contributed by atoms with Crippen molar-refractivity contribution in [1.82, 2.24) is 4.90 Å². The minimum absolute atomic E-state index is 0.172. The van der Waals surface area contributed by atoms with E-state index in [0.29, 0.717) is 13.1 Å². The molecule has 0 bridgehead atoms. The second-order valence-electron chi connectivity index (χ2n) is 5.41. The zero-order valence-corrected chi connectivity index (χ0v) is 12.0. The minimum Gasteiger partial charge on any atom is -0.360 e. The number of nitrogens with zero attached hydrogens (tertiary/aromatic N) is 2. The van der Waals surface area contributed by atoms with E-state index < -0.39 is 0 Å². The molecule has 1 saturated heterocycles. The van der Waals surface area contributed by atoms with Gasteiger partial charge >= 0.3 is 0 Å². The van der Waals surface area contributed by atoms with Crippen LogP contribution in [-0.4, -0.2) is 43.5 Å². The summed E-state index contributed by atoms with van der Waals surface area (Å²) in [5, 5.41) is 0. The van der Waals surface area contributed by atoms with Crippen molar-refractivity contribution in [1.29, 1.82) is 0 Å². The van der Waals surface area contributed by atoms with Gasteiger partial charge in [-0.2, -0.15) is 0 Å². The molecule has 1 amide bonds. The van der Waals surface area contributed by atoms with Crippen LogP contribution in [0.15, 0.2) is 18.2 Å². The Labute approximate surface area is 115 Å². The summed E-state index contributed by atoms with van der Waals surface area (Å²) in [4.78, 5) is 16.1. The largest absolute Gasteiger partial charge is 0.360 e. The van der Waals surface area contributed by atoms with Crippen LogP contribution in [0, 0.1) is 13.8 Å². The van der Waals surface area contributed by atoms with Crippen LogP contribution in [0.25, 0.3) is 0 Å². The van der Waals surface area contributed by atoms with Gasteiger partial charge in [0, 0.05) is 19.3 Å². The summed E-state index contributed by atoms with van der Waals surface area (Å²) < 4.78 is 0. The molecule has 1 aromatic carbocycles. The Morgan fingerprint density at radius 2 is 2.11 bits per heavy atom. The van der Waals surface area contributed by atoms with E-state index in [9.17, 15) is 4.79 Å². The maximum atomic E-state index is 12.1. The van der Waals surface area contributed by atoms with E-state index in [1.54, 1.807) is 0 Å². The van der Waals surface area contributed by atoms with Crippen molar-refractivity contribution in [3.05, 3.63) is 29.3 Å². The molecule has 4 nitrogen and oxygen atoms in total. The predicted octanol–water partition coefficient (Wildman–Crippen LogP) is 1.30. The first-order chi connectivity index (χ1) is 9.02. The minimum atomic E-state index is 0.172. The molecule has 0 radical (unpaired) electrons. The fraction of sp³-hybridized carbons (Fsp3) is 0.533. The molecule has 1 unspecified atom stereocenters. The van der Waals surface area contributed by atoms with Gasteiger partial charge in [-0.1, -0.05) is 12.1 Å². The van der Waals surface area contributed by atoms with Crippen LogP contribution in [-0.2, 0) is 4.79 Å². The standard InChI is InChI=1S/C15H23N3O/c1-11-4-5-12(2)14(8-11)18-9-13(6-7-16)17(3)15(19)10-18/h4-5,8,13H,6-7,9-10,16H2,1-3H3. The molecule has 0 saturated carbocycles. The first-order valence-electron chi connectivity index (χ1n) is 6.81. The highest BCUT2D eigenvalue weighted by atomic mass is 16.2. The van der Waals surface area contributed by atoms with Gasteiger partial charge in [-0.25, -0.2) is 0 Å². The summed E-state index contributed by atoms with van der Waals surface area (Å²) in [6.45, 7) is 6.11. The first kappa shape index (κ1) is 13.9. The van der Waals surface area contributed by atoms with Crippen molar-refractivity contribution in [3.8, 4) is 0 Å². The molecule has 0 spiro atoms. The van der Waals surface area contributed by atoms with Crippen molar-refractivity contribution in [3.63, 3.8) is 0 Å². The fourth-order valence-corrected chi connectivity index (χ4v) is 2.64. The number of nitrogens with two attached hydrogens (primary N) is 1.